The van der Waals surface area contributed by atoms with E-state index in [1.165, 1.54) is 4.52 Å². The zero-order valence-electron chi connectivity index (χ0n) is 16.5. The maximum absolute atomic E-state index is 14.1. The molecule has 0 amide bonds. The van der Waals surface area contributed by atoms with E-state index in [9.17, 15) is 13.2 Å². The normalized spacial score (nSPS) is 11.8. The molecule has 158 valence electrons. The lowest BCUT2D eigenvalue weighted by molar-refractivity contribution is -0.140. The molecule has 0 atom stereocenters. The molecule has 5 rings (SSSR count). The summed E-state index contributed by atoms with van der Waals surface area (Å²) in [6.07, 6.45) is -4.66. The molecule has 0 saturated carbocycles. The Morgan fingerprint density at radius 2 is 1.31 bits per heavy atom. The van der Waals surface area contributed by atoms with E-state index in [0.717, 1.165) is 11.1 Å². The van der Waals surface area contributed by atoms with Crippen molar-refractivity contribution in [1.29, 1.82) is 0 Å². The minimum absolute atomic E-state index is 0.0795. The maximum Gasteiger partial charge on any atom is 0.435 e. The third kappa shape index (κ3) is 3.63. The van der Waals surface area contributed by atoms with Gasteiger partial charge in [-0.25, -0.2) is 9.50 Å². The first-order valence-corrected chi connectivity index (χ1v) is 10.2. The molecule has 3 nitrogen and oxygen atoms in total. The minimum atomic E-state index is -4.66. The van der Waals surface area contributed by atoms with Crippen LogP contribution >= 0.6 is 11.6 Å². The Morgan fingerprint density at radius 1 is 0.719 bits per heavy atom. The minimum Gasteiger partial charge on any atom is -0.228 e. The molecular weight excluding hydrogens is 435 g/mol. The van der Waals surface area contributed by atoms with Crippen LogP contribution in [0.25, 0.3) is 39.3 Å². The quantitative estimate of drug-likeness (QED) is 0.287. The van der Waals surface area contributed by atoms with Crippen molar-refractivity contribution in [3.05, 3.63) is 102 Å². The van der Waals surface area contributed by atoms with Gasteiger partial charge in [0.1, 0.15) is 0 Å². The van der Waals surface area contributed by atoms with Crippen LogP contribution in [-0.4, -0.2) is 14.6 Å². The number of nitrogens with zero attached hydrogens (tertiary/aromatic N) is 3. The van der Waals surface area contributed by atoms with Gasteiger partial charge in [0.2, 0.25) is 0 Å². The molecule has 2 aromatic heterocycles. The molecular formula is C25H15ClF3N3. The largest absolute Gasteiger partial charge is 0.435 e. The predicted octanol–water partition coefficient (Wildman–Crippen LogP) is 7.40. The highest BCUT2D eigenvalue weighted by Crippen LogP contribution is 2.40. The molecule has 3 aromatic carbocycles. The Kier molecular flexibility index (Phi) is 4.94. The first kappa shape index (κ1) is 20.3. The smallest absolute Gasteiger partial charge is 0.228 e. The first-order valence-electron chi connectivity index (χ1n) is 9.79. The summed E-state index contributed by atoms with van der Waals surface area (Å²) in [7, 11) is 0. The third-order valence-corrected chi connectivity index (χ3v) is 5.38. The lowest BCUT2D eigenvalue weighted by Gasteiger charge is -2.10. The fraction of sp³-hybridized carbons (Fsp3) is 0.0400. The molecule has 0 aliphatic rings. The first-order chi connectivity index (χ1) is 15.4. The van der Waals surface area contributed by atoms with Gasteiger partial charge in [-0.15, -0.1) is 0 Å². The third-order valence-electron chi connectivity index (χ3n) is 5.13. The summed E-state index contributed by atoms with van der Waals surface area (Å²) in [6.45, 7) is 0. The zero-order chi connectivity index (χ0) is 22.3. The van der Waals surface area contributed by atoms with Gasteiger partial charge in [-0.3, -0.25) is 0 Å². The van der Waals surface area contributed by atoms with Crippen molar-refractivity contribution in [3.63, 3.8) is 0 Å². The summed E-state index contributed by atoms with van der Waals surface area (Å²) >= 11 is 5.97. The van der Waals surface area contributed by atoms with Crippen LogP contribution in [0, 0.1) is 0 Å². The Hall–Kier alpha value is -3.64. The Morgan fingerprint density at radius 3 is 1.91 bits per heavy atom. The number of benzene rings is 3. The number of rotatable bonds is 3. The second-order valence-corrected chi connectivity index (χ2v) is 7.66. The molecule has 0 spiro atoms. The highest BCUT2D eigenvalue weighted by molar-refractivity contribution is 6.30. The van der Waals surface area contributed by atoms with Gasteiger partial charge in [0.05, 0.1) is 17.0 Å². The summed E-state index contributed by atoms with van der Waals surface area (Å²) in [4.78, 5) is 4.63. The monoisotopic (exact) mass is 449 g/mol. The van der Waals surface area contributed by atoms with Crippen molar-refractivity contribution in [1.82, 2.24) is 14.6 Å². The molecule has 7 heteroatoms. The summed E-state index contributed by atoms with van der Waals surface area (Å²) in [6, 6.07) is 26.5. The number of aromatic nitrogens is 3. The molecule has 0 aliphatic heterocycles. The highest BCUT2D eigenvalue weighted by Gasteiger charge is 2.39. The van der Waals surface area contributed by atoms with E-state index in [1.54, 1.807) is 30.3 Å². The molecule has 0 radical (unpaired) electrons. The summed E-state index contributed by atoms with van der Waals surface area (Å²) in [5.41, 5.74) is 1.99. The lowest BCUT2D eigenvalue weighted by atomic mass is 10.0. The number of hydrogen-bond acceptors (Lipinski definition) is 2. The predicted molar refractivity (Wildman–Crippen MR) is 119 cm³/mol. The molecule has 0 bridgehead atoms. The van der Waals surface area contributed by atoms with E-state index in [2.05, 4.69) is 10.1 Å². The topological polar surface area (TPSA) is 30.2 Å². The maximum atomic E-state index is 14.1. The second-order valence-electron chi connectivity index (χ2n) is 7.22. The van der Waals surface area contributed by atoms with Crippen LogP contribution in [0.15, 0.2) is 91.0 Å². The van der Waals surface area contributed by atoms with Crippen LogP contribution in [0.2, 0.25) is 5.02 Å². The van der Waals surface area contributed by atoms with Gasteiger partial charge in [-0.1, -0.05) is 84.4 Å². The Balaban J connectivity index is 1.90. The van der Waals surface area contributed by atoms with E-state index in [0.29, 0.717) is 22.0 Å². The van der Waals surface area contributed by atoms with Crippen molar-refractivity contribution in [3.8, 4) is 33.6 Å². The fourth-order valence-electron chi connectivity index (χ4n) is 3.67. The van der Waals surface area contributed by atoms with Crippen molar-refractivity contribution in [2.45, 2.75) is 6.18 Å². The van der Waals surface area contributed by atoms with Gasteiger partial charge >= 0.3 is 6.18 Å². The van der Waals surface area contributed by atoms with Crippen LogP contribution < -0.4 is 0 Å². The van der Waals surface area contributed by atoms with Crippen LogP contribution in [0.5, 0.6) is 0 Å². The number of hydrogen-bond donors (Lipinski definition) is 0. The summed E-state index contributed by atoms with van der Waals surface area (Å²) in [5.74, 6) is 0. The van der Waals surface area contributed by atoms with Crippen molar-refractivity contribution in [2.75, 3.05) is 0 Å². The zero-order valence-corrected chi connectivity index (χ0v) is 17.3. The van der Waals surface area contributed by atoms with Gasteiger partial charge in [0.25, 0.3) is 0 Å². The van der Waals surface area contributed by atoms with Gasteiger partial charge in [-0.05, 0) is 23.8 Å². The molecule has 0 N–H and O–H groups in total. The van der Waals surface area contributed by atoms with Crippen molar-refractivity contribution >= 4 is 17.2 Å². The van der Waals surface area contributed by atoms with Gasteiger partial charge in [0.15, 0.2) is 11.3 Å². The molecule has 0 saturated heterocycles. The Labute approximate surface area is 186 Å². The number of alkyl halides is 3. The molecule has 0 fully saturated rings. The average Bonchev–Trinajstić information content (AvgIpc) is 3.20. The van der Waals surface area contributed by atoms with E-state index >= 15 is 0 Å². The van der Waals surface area contributed by atoms with E-state index in [1.807, 2.05) is 60.7 Å². The van der Waals surface area contributed by atoms with Gasteiger partial charge in [0, 0.05) is 16.1 Å². The summed E-state index contributed by atoms with van der Waals surface area (Å²) < 4.78 is 43.5. The number of fused-ring (bicyclic) bond motifs is 1. The standard InChI is InChI=1S/C25H15ClF3N3/c26-19-13-11-18(12-14-19)22-23(25(27,28)29)31-32-21(17-9-5-2-6-10-17)15-20(30-24(22)32)16-7-3-1-4-8-16/h1-15H. The van der Waals surface area contributed by atoms with Crippen molar-refractivity contribution in [2.24, 2.45) is 0 Å². The van der Waals surface area contributed by atoms with Crippen LogP contribution in [0.3, 0.4) is 0 Å². The van der Waals surface area contributed by atoms with Crippen LogP contribution in [-0.2, 0) is 6.18 Å². The van der Waals surface area contributed by atoms with E-state index in [-0.39, 0.29) is 11.2 Å². The van der Waals surface area contributed by atoms with E-state index in [4.69, 9.17) is 11.6 Å². The molecule has 2 heterocycles. The highest BCUT2D eigenvalue weighted by atomic mass is 35.5. The SMILES string of the molecule is FC(F)(F)c1nn2c(-c3ccccc3)cc(-c3ccccc3)nc2c1-c1ccc(Cl)cc1. The molecule has 5 aromatic rings. The molecule has 32 heavy (non-hydrogen) atoms. The van der Waals surface area contributed by atoms with Crippen LogP contribution in [0.1, 0.15) is 5.69 Å². The van der Waals surface area contributed by atoms with Gasteiger partial charge in [-0.2, -0.15) is 18.3 Å². The van der Waals surface area contributed by atoms with Crippen LogP contribution in [0.4, 0.5) is 13.2 Å². The van der Waals surface area contributed by atoms with Gasteiger partial charge < -0.3 is 0 Å². The number of halogens is 4. The Bertz CT molecular complexity index is 1390. The summed E-state index contributed by atoms with van der Waals surface area (Å²) in [5, 5.41) is 4.42. The molecule has 0 aliphatic carbocycles. The lowest BCUT2D eigenvalue weighted by Crippen LogP contribution is -2.08. The molecule has 0 unspecified atom stereocenters. The fourth-order valence-corrected chi connectivity index (χ4v) is 3.80. The van der Waals surface area contributed by atoms with E-state index < -0.39 is 11.9 Å². The second kappa shape index (κ2) is 7.80. The van der Waals surface area contributed by atoms with Crippen molar-refractivity contribution < 1.29 is 13.2 Å². The average molecular weight is 450 g/mol.